The van der Waals surface area contributed by atoms with Gasteiger partial charge in [0.25, 0.3) is 5.91 Å². The molecule has 0 aromatic heterocycles. The van der Waals surface area contributed by atoms with E-state index in [9.17, 15) is 14.4 Å². The number of nitrogens with one attached hydrogen (secondary N) is 1. The van der Waals surface area contributed by atoms with Crippen molar-refractivity contribution in [1.82, 2.24) is 5.32 Å². The first-order valence-electron chi connectivity index (χ1n) is 8.07. The minimum absolute atomic E-state index is 0.0377. The van der Waals surface area contributed by atoms with Gasteiger partial charge in [0.1, 0.15) is 11.8 Å². The van der Waals surface area contributed by atoms with Gasteiger partial charge in [-0.15, -0.1) is 0 Å². The van der Waals surface area contributed by atoms with E-state index in [1.807, 2.05) is 13.0 Å². The lowest BCUT2D eigenvalue weighted by Crippen LogP contribution is -2.44. The van der Waals surface area contributed by atoms with Crippen LogP contribution >= 0.6 is 0 Å². The number of nitrogens with zero attached hydrogens (tertiary/aromatic N) is 1. The fourth-order valence-electron chi connectivity index (χ4n) is 2.54. The van der Waals surface area contributed by atoms with Crippen molar-refractivity contribution < 1.29 is 24.2 Å². The van der Waals surface area contributed by atoms with Crippen molar-refractivity contribution in [1.29, 1.82) is 0 Å². The Hall–Kier alpha value is -2.57. The zero-order chi connectivity index (χ0) is 17.5. The van der Waals surface area contributed by atoms with E-state index in [0.29, 0.717) is 17.9 Å². The van der Waals surface area contributed by atoms with E-state index < -0.39 is 12.0 Å². The Bertz CT molecular complexity index is 617. The second-order valence-corrected chi connectivity index (χ2v) is 5.65. The summed E-state index contributed by atoms with van der Waals surface area (Å²) >= 11 is 0. The van der Waals surface area contributed by atoms with Crippen LogP contribution in [0, 0.1) is 0 Å². The Morgan fingerprint density at radius 2 is 2.12 bits per heavy atom. The maximum atomic E-state index is 12.0. The largest absolute Gasteiger partial charge is 0.482 e. The van der Waals surface area contributed by atoms with Crippen molar-refractivity contribution >= 4 is 23.5 Å². The minimum atomic E-state index is -1.04. The molecule has 2 N–H and O–H groups in total. The molecule has 2 rings (SSSR count). The summed E-state index contributed by atoms with van der Waals surface area (Å²) < 4.78 is 5.34. The van der Waals surface area contributed by atoms with Gasteiger partial charge in [-0.3, -0.25) is 9.59 Å². The summed E-state index contributed by atoms with van der Waals surface area (Å²) in [5, 5.41) is 11.7. The molecular weight excluding hydrogens is 312 g/mol. The highest BCUT2D eigenvalue weighted by Gasteiger charge is 2.26. The van der Waals surface area contributed by atoms with E-state index in [4.69, 9.17) is 9.84 Å². The number of para-hydroxylation sites is 2. The van der Waals surface area contributed by atoms with Crippen LogP contribution in [0.2, 0.25) is 0 Å². The van der Waals surface area contributed by atoms with Crippen LogP contribution < -0.4 is 15.0 Å². The van der Waals surface area contributed by atoms with Gasteiger partial charge >= 0.3 is 5.97 Å². The van der Waals surface area contributed by atoms with Crippen molar-refractivity contribution in [3.63, 3.8) is 0 Å². The molecule has 1 heterocycles. The predicted molar refractivity (Wildman–Crippen MR) is 88.0 cm³/mol. The monoisotopic (exact) mass is 334 g/mol. The van der Waals surface area contributed by atoms with Crippen LogP contribution in [0.25, 0.3) is 0 Å². The van der Waals surface area contributed by atoms with Crippen LogP contribution in [0.4, 0.5) is 5.69 Å². The lowest BCUT2D eigenvalue weighted by atomic mass is 10.1. The summed E-state index contributed by atoms with van der Waals surface area (Å²) in [5.74, 6) is -1.04. The third-order valence-electron chi connectivity index (χ3n) is 3.85. The lowest BCUT2D eigenvalue weighted by molar-refractivity contribution is -0.142. The summed E-state index contributed by atoms with van der Waals surface area (Å²) in [4.78, 5) is 36.7. The molecule has 7 heteroatoms. The van der Waals surface area contributed by atoms with Gasteiger partial charge in [-0.1, -0.05) is 31.9 Å². The summed E-state index contributed by atoms with van der Waals surface area (Å²) in [7, 11) is 0. The van der Waals surface area contributed by atoms with Gasteiger partial charge in [0, 0.05) is 13.0 Å². The van der Waals surface area contributed by atoms with Crippen LogP contribution in [0.1, 0.15) is 32.6 Å². The number of rotatable bonds is 8. The van der Waals surface area contributed by atoms with Gasteiger partial charge in [0.15, 0.2) is 6.61 Å². The van der Waals surface area contributed by atoms with E-state index in [1.165, 1.54) is 4.90 Å². The average molecular weight is 334 g/mol. The Kier molecular flexibility index (Phi) is 6.17. The molecule has 0 aliphatic carbocycles. The first-order chi connectivity index (χ1) is 11.5. The van der Waals surface area contributed by atoms with Gasteiger partial charge in [-0.2, -0.15) is 0 Å². The number of carboxylic acids is 1. The summed E-state index contributed by atoms with van der Waals surface area (Å²) in [6, 6.07) is 6.24. The predicted octanol–water partition coefficient (Wildman–Crippen LogP) is 1.56. The number of ether oxygens (including phenoxy) is 1. The number of aliphatic carboxylic acids is 1. The van der Waals surface area contributed by atoms with Gasteiger partial charge in [0.05, 0.1) is 5.69 Å². The molecule has 1 aliphatic heterocycles. The number of carbonyl (C=O) groups is 3. The van der Waals surface area contributed by atoms with Crippen LogP contribution in [0.3, 0.4) is 0 Å². The van der Waals surface area contributed by atoms with Crippen molar-refractivity contribution in [2.45, 2.75) is 38.6 Å². The highest BCUT2D eigenvalue weighted by atomic mass is 16.5. The molecule has 0 saturated heterocycles. The maximum Gasteiger partial charge on any atom is 0.326 e. The fraction of sp³-hybridized carbons (Fsp3) is 0.471. The molecule has 0 unspecified atom stereocenters. The second kappa shape index (κ2) is 8.33. The van der Waals surface area contributed by atoms with Gasteiger partial charge in [-0.25, -0.2) is 4.79 Å². The highest BCUT2D eigenvalue weighted by Crippen LogP contribution is 2.31. The number of carbonyl (C=O) groups excluding carboxylic acids is 2. The molecule has 0 bridgehead atoms. The van der Waals surface area contributed by atoms with Crippen LogP contribution in [-0.4, -0.2) is 42.1 Å². The smallest absolute Gasteiger partial charge is 0.326 e. The molecule has 1 atom stereocenters. The van der Waals surface area contributed by atoms with Gasteiger partial charge < -0.3 is 20.1 Å². The number of anilines is 1. The van der Waals surface area contributed by atoms with Crippen LogP contribution in [0.5, 0.6) is 5.75 Å². The normalized spacial score (nSPS) is 14.5. The molecule has 0 saturated carbocycles. The van der Waals surface area contributed by atoms with Gasteiger partial charge in [-0.05, 0) is 18.6 Å². The summed E-state index contributed by atoms with van der Waals surface area (Å²) in [6.07, 6.45) is 2.03. The number of unbranched alkanes of at least 4 members (excludes halogenated alkanes) is 1. The Labute approximate surface area is 140 Å². The molecule has 0 fully saturated rings. The van der Waals surface area contributed by atoms with Crippen molar-refractivity contribution in [2.24, 2.45) is 0 Å². The number of hydrogen-bond acceptors (Lipinski definition) is 4. The van der Waals surface area contributed by atoms with E-state index in [2.05, 4.69) is 5.32 Å². The molecule has 0 spiro atoms. The molecule has 0 radical (unpaired) electrons. The summed E-state index contributed by atoms with van der Waals surface area (Å²) in [6.45, 7) is 2.08. The quantitative estimate of drug-likeness (QED) is 0.752. The maximum absolute atomic E-state index is 12.0. The molecule has 24 heavy (non-hydrogen) atoms. The Morgan fingerprint density at radius 3 is 2.83 bits per heavy atom. The molecule has 2 amide bonds. The van der Waals surface area contributed by atoms with E-state index in [-0.39, 0.29) is 31.4 Å². The standard InChI is InChI=1S/C17H22N2O5/c1-2-3-6-12(17(22)23)18-15(20)9-10-19-13-7-4-5-8-14(13)24-11-16(19)21/h4-5,7-8,12H,2-3,6,9-11H2,1H3,(H,18,20)(H,22,23)/t12-/m0/s1. The van der Waals surface area contributed by atoms with Crippen LogP contribution in [-0.2, 0) is 14.4 Å². The molecule has 1 aromatic rings. The van der Waals surface area contributed by atoms with Crippen LogP contribution in [0.15, 0.2) is 24.3 Å². The zero-order valence-corrected chi connectivity index (χ0v) is 13.7. The Morgan fingerprint density at radius 1 is 1.38 bits per heavy atom. The topological polar surface area (TPSA) is 95.9 Å². The van der Waals surface area contributed by atoms with E-state index >= 15 is 0 Å². The molecule has 130 valence electrons. The number of hydrogen-bond donors (Lipinski definition) is 2. The van der Waals surface area contributed by atoms with Crippen molar-refractivity contribution in [3.8, 4) is 5.75 Å². The van der Waals surface area contributed by atoms with Crippen molar-refractivity contribution in [3.05, 3.63) is 24.3 Å². The number of carboxylic acid groups (broad SMARTS) is 1. The van der Waals surface area contributed by atoms with Crippen molar-refractivity contribution in [2.75, 3.05) is 18.1 Å². The third-order valence-corrected chi connectivity index (χ3v) is 3.85. The highest BCUT2D eigenvalue weighted by molar-refractivity contribution is 5.98. The first kappa shape index (κ1) is 17.8. The molecule has 7 nitrogen and oxygen atoms in total. The Balaban J connectivity index is 1.93. The first-order valence-corrected chi connectivity index (χ1v) is 8.07. The van der Waals surface area contributed by atoms with E-state index in [1.54, 1.807) is 18.2 Å². The number of fused-ring (bicyclic) bond motifs is 1. The minimum Gasteiger partial charge on any atom is -0.482 e. The SMILES string of the molecule is CCCC[C@H](NC(=O)CCN1C(=O)COc2ccccc21)C(=O)O. The molecular formula is C17H22N2O5. The average Bonchev–Trinajstić information content (AvgIpc) is 2.57. The van der Waals surface area contributed by atoms with Gasteiger partial charge in [0.2, 0.25) is 5.91 Å². The molecule has 1 aliphatic rings. The summed E-state index contributed by atoms with van der Waals surface area (Å²) in [5.41, 5.74) is 0.627. The van der Waals surface area contributed by atoms with E-state index in [0.717, 1.165) is 12.8 Å². The molecule has 1 aromatic carbocycles. The number of benzene rings is 1. The fourth-order valence-corrected chi connectivity index (χ4v) is 2.54. The zero-order valence-electron chi connectivity index (χ0n) is 13.7. The second-order valence-electron chi connectivity index (χ2n) is 5.65. The third kappa shape index (κ3) is 4.47. The number of amides is 2. The lowest BCUT2D eigenvalue weighted by Gasteiger charge is -2.29.